The van der Waals surface area contributed by atoms with E-state index in [1.54, 1.807) is 0 Å². The fraction of sp³-hybridized carbons (Fsp3) is 0.538. The van der Waals surface area contributed by atoms with Crippen LogP contribution < -0.4 is 0 Å². The lowest BCUT2D eigenvalue weighted by molar-refractivity contribution is -0.129. The number of rotatable bonds is 9. The molecule has 0 radical (unpaired) electrons. The Morgan fingerprint density at radius 1 is 1.03 bits per heavy atom. The summed E-state index contributed by atoms with van der Waals surface area (Å²) in [6.07, 6.45) is 4.24. The van der Waals surface area contributed by atoms with E-state index in [4.69, 9.17) is 0 Å². The zero-order valence-corrected chi connectivity index (χ0v) is 18.6. The SMILES string of the molecule is CCCC1=C(O)C(CCC)(CCC)C(=O)C(C(=O)C2CC2c2ccc(C)cc2)=C1O. The van der Waals surface area contributed by atoms with Crippen LogP contribution in [-0.2, 0) is 9.59 Å². The number of allylic oxidation sites excluding steroid dienone is 3. The molecule has 0 saturated heterocycles. The third-order valence-electron chi connectivity index (χ3n) is 6.66. The summed E-state index contributed by atoms with van der Waals surface area (Å²) in [6.45, 7) is 7.94. The van der Waals surface area contributed by atoms with E-state index >= 15 is 0 Å². The number of carbonyl (C=O) groups is 2. The summed E-state index contributed by atoms with van der Waals surface area (Å²) in [5, 5.41) is 22.0. The van der Waals surface area contributed by atoms with Gasteiger partial charge >= 0.3 is 0 Å². The average molecular weight is 411 g/mol. The van der Waals surface area contributed by atoms with Crippen LogP contribution in [0.2, 0.25) is 0 Å². The average Bonchev–Trinajstić information content (AvgIpc) is 3.51. The molecule has 4 heteroatoms. The van der Waals surface area contributed by atoms with E-state index in [-0.39, 0.29) is 40.5 Å². The second-order valence-corrected chi connectivity index (χ2v) is 8.94. The number of hydrogen-bond acceptors (Lipinski definition) is 4. The maximum atomic E-state index is 13.6. The van der Waals surface area contributed by atoms with Crippen molar-refractivity contribution in [1.29, 1.82) is 0 Å². The Hall–Kier alpha value is -2.36. The van der Waals surface area contributed by atoms with Gasteiger partial charge in [0.1, 0.15) is 17.1 Å². The van der Waals surface area contributed by atoms with Gasteiger partial charge in [-0.3, -0.25) is 9.59 Å². The summed E-state index contributed by atoms with van der Waals surface area (Å²) in [5.41, 5.74) is 1.49. The van der Waals surface area contributed by atoms with Gasteiger partial charge in [-0.15, -0.1) is 0 Å². The number of aliphatic hydroxyl groups is 2. The van der Waals surface area contributed by atoms with Gasteiger partial charge in [-0.05, 0) is 44.1 Å². The van der Waals surface area contributed by atoms with Gasteiger partial charge in [0.2, 0.25) is 0 Å². The Morgan fingerprint density at radius 3 is 2.17 bits per heavy atom. The highest BCUT2D eigenvalue weighted by molar-refractivity contribution is 6.25. The lowest BCUT2D eigenvalue weighted by atomic mass is 9.66. The Labute approximate surface area is 179 Å². The number of Topliss-reactive ketones (excluding diaryl/α,β-unsaturated/α-hetero) is 2. The minimum absolute atomic E-state index is 0.0158. The van der Waals surface area contributed by atoms with Gasteiger partial charge in [0.15, 0.2) is 11.6 Å². The van der Waals surface area contributed by atoms with E-state index in [2.05, 4.69) is 0 Å². The molecule has 30 heavy (non-hydrogen) atoms. The van der Waals surface area contributed by atoms with Crippen LogP contribution in [-0.4, -0.2) is 21.8 Å². The van der Waals surface area contributed by atoms with E-state index in [1.165, 1.54) is 5.56 Å². The molecule has 0 aliphatic heterocycles. The van der Waals surface area contributed by atoms with Crippen molar-refractivity contribution in [2.75, 3.05) is 0 Å². The third kappa shape index (κ3) is 3.73. The van der Waals surface area contributed by atoms with Crippen molar-refractivity contribution >= 4 is 11.6 Å². The predicted molar refractivity (Wildman–Crippen MR) is 119 cm³/mol. The fourth-order valence-electron chi connectivity index (χ4n) is 5.02. The van der Waals surface area contributed by atoms with Crippen molar-refractivity contribution in [3.05, 3.63) is 58.1 Å². The summed E-state index contributed by atoms with van der Waals surface area (Å²) in [5.74, 6) is -1.15. The first-order valence-corrected chi connectivity index (χ1v) is 11.3. The quantitative estimate of drug-likeness (QED) is 0.471. The normalized spacial score (nSPS) is 23.1. The zero-order valence-electron chi connectivity index (χ0n) is 18.6. The lowest BCUT2D eigenvalue weighted by Crippen LogP contribution is -2.41. The highest BCUT2D eigenvalue weighted by Crippen LogP contribution is 2.53. The second kappa shape index (κ2) is 8.79. The molecule has 1 aromatic carbocycles. The molecule has 1 saturated carbocycles. The molecule has 2 aliphatic carbocycles. The first-order chi connectivity index (χ1) is 14.3. The largest absolute Gasteiger partial charge is 0.511 e. The summed E-state index contributed by atoms with van der Waals surface area (Å²) in [7, 11) is 0. The molecule has 1 fully saturated rings. The van der Waals surface area contributed by atoms with Gasteiger partial charge in [0.05, 0.1) is 5.41 Å². The van der Waals surface area contributed by atoms with E-state index in [1.807, 2.05) is 52.0 Å². The topological polar surface area (TPSA) is 74.6 Å². The van der Waals surface area contributed by atoms with Crippen LogP contribution in [0.4, 0.5) is 0 Å². The Balaban J connectivity index is 2.00. The summed E-state index contributed by atoms with van der Waals surface area (Å²) < 4.78 is 0. The molecule has 2 atom stereocenters. The summed E-state index contributed by atoms with van der Waals surface area (Å²) in [6, 6.07) is 8.14. The van der Waals surface area contributed by atoms with Crippen LogP contribution in [0.15, 0.2) is 46.9 Å². The number of aliphatic hydroxyl groups excluding tert-OH is 2. The maximum absolute atomic E-state index is 13.6. The number of carbonyl (C=O) groups excluding carboxylic acids is 2. The predicted octanol–water partition coefficient (Wildman–Crippen LogP) is 6.26. The van der Waals surface area contributed by atoms with Crippen molar-refractivity contribution in [1.82, 2.24) is 0 Å². The molecule has 4 nitrogen and oxygen atoms in total. The smallest absolute Gasteiger partial charge is 0.183 e. The molecule has 3 rings (SSSR count). The van der Waals surface area contributed by atoms with Crippen molar-refractivity contribution in [2.24, 2.45) is 11.3 Å². The van der Waals surface area contributed by atoms with Crippen LogP contribution in [0, 0.1) is 18.3 Å². The first-order valence-electron chi connectivity index (χ1n) is 11.3. The van der Waals surface area contributed by atoms with Gasteiger partial charge < -0.3 is 10.2 Å². The number of ketones is 2. The summed E-state index contributed by atoms with van der Waals surface area (Å²) >= 11 is 0. The highest BCUT2D eigenvalue weighted by atomic mass is 16.3. The molecule has 0 amide bonds. The lowest BCUT2D eigenvalue weighted by Gasteiger charge is -2.37. The molecule has 0 spiro atoms. The minimum atomic E-state index is -1.08. The Morgan fingerprint density at radius 2 is 1.63 bits per heavy atom. The molecule has 2 unspecified atom stereocenters. The molecular formula is C26H34O4. The molecule has 2 aliphatic rings. The zero-order chi connectivity index (χ0) is 22.1. The van der Waals surface area contributed by atoms with Crippen LogP contribution in [0.5, 0.6) is 0 Å². The van der Waals surface area contributed by atoms with Gasteiger partial charge in [0, 0.05) is 11.5 Å². The van der Waals surface area contributed by atoms with Gasteiger partial charge in [-0.25, -0.2) is 0 Å². The Kier molecular flexibility index (Phi) is 6.54. The van der Waals surface area contributed by atoms with Crippen molar-refractivity contribution in [3.63, 3.8) is 0 Å². The van der Waals surface area contributed by atoms with E-state index in [9.17, 15) is 19.8 Å². The molecule has 0 aromatic heterocycles. The fourth-order valence-corrected chi connectivity index (χ4v) is 5.02. The maximum Gasteiger partial charge on any atom is 0.183 e. The number of benzene rings is 1. The van der Waals surface area contributed by atoms with Crippen LogP contribution in [0.3, 0.4) is 0 Å². The molecular weight excluding hydrogens is 376 g/mol. The molecule has 2 N–H and O–H groups in total. The number of aryl methyl sites for hydroxylation is 1. The highest BCUT2D eigenvalue weighted by Gasteiger charge is 2.54. The Bertz CT molecular complexity index is 882. The standard InChI is InChI=1S/C26H34O4/c1-5-8-18-22(27)21(25(30)26(13-6-2,14-7-3)24(18)29)23(28)20-15-19(20)17-11-9-16(4)10-12-17/h9-12,19-20,27,29H,5-8,13-15H2,1-4H3. The van der Waals surface area contributed by atoms with E-state index < -0.39 is 5.41 Å². The molecule has 0 bridgehead atoms. The van der Waals surface area contributed by atoms with Crippen LogP contribution in [0.1, 0.15) is 82.8 Å². The van der Waals surface area contributed by atoms with E-state index in [0.29, 0.717) is 50.5 Å². The summed E-state index contributed by atoms with van der Waals surface area (Å²) in [4.78, 5) is 27.1. The van der Waals surface area contributed by atoms with Gasteiger partial charge in [-0.2, -0.15) is 0 Å². The van der Waals surface area contributed by atoms with Crippen molar-refractivity contribution in [3.8, 4) is 0 Å². The second-order valence-electron chi connectivity index (χ2n) is 8.94. The molecule has 1 aromatic rings. The monoisotopic (exact) mass is 410 g/mol. The van der Waals surface area contributed by atoms with Gasteiger partial charge in [0.25, 0.3) is 0 Å². The molecule has 162 valence electrons. The van der Waals surface area contributed by atoms with Gasteiger partial charge in [-0.1, -0.05) is 69.9 Å². The molecule has 0 heterocycles. The van der Waals surface area contributed by atoms with Crippen LogP contribution >= 0.6 is 0 Å². The minimum Gasteiger partial charge on any atom is -0.511 e. The van der Waals surface area contributed by atoms with Crippen molar-refractivity contribution < 1.29 is 19.8 Å². The number of hydrogen-bond donors (Lipinski definition) is 2. The van der Waals surface area contributed by atoms with Crippen LogP contribution in [0.25, 0.3) is 0 Å². The van der Waals surface area contributed by atoms with Crippen molar-refractivity contribution in [2.45, 2.75) is 78.6 Å². The van der Waals surface area contributed by atoms with E-state index in [0.717, 1.165) is 5.56 Å². The first kappa shape index (κ1) is 22.3. The third-order valence-corrected chi connectivity index (χ3v) is 6.66.